The fraction of sp³-hybridized carbons (Fsp3) is 0.292. The molecule has 0 unspecified atom stereocenters. The number of rotatable bonds is 7. The van der Waals surface area contributed by atoms with Crippen LogP contribution in [0.2, 0.25) is 0 Å². The number of carbonyl (C=O) groups is 5. The predicted molar refractivity (Wildman–Crippen MR) is 134 cm³/mol. The molecule has 0 spiro atoms. The van der Waals surface area contributed by atoms with Crippen LogP contribution in [0.5, 0.6) is 11.5 Å². The number of phenols is 1. The molecule has 2 atom stereocenters. The predicted octanol–water partition coefficient (Wildman–Crippen LogP) is -1.11. The molecule has 5 amide bonds. The number of phenolic OH excluding ortho intramolecular Hbond substituents is 1. The first-order valence-corrected chi connectivity index (χ1v) is 12.2. The van der Waals surface area contributed by atoms with E-state index >= 15 is 0 Å². The highest BCUT2D eigenvalue weighted by Crippen LogP contribution is 2.31. The second kappa shape index (κ2) is 11.8. The number of urea groups is 1. The third-order valence-electron chi connectivity index (χ3n) is 6.53. The van der Waals surface area contributed by atoms with Gasteiger partial charge in [0.25, 0.3) is 0 Å². The summed E-state index contributed by atoms with van der Waals surface area (Å²) in [6.07, 6.45) is -0.127. The maximum absolute atomic E-state index is 14.2. The lowest BCUT2D eigenvalue weighted by molar-refractivity contribution is -0.153. The monoisotopic (exact) mass is 575 g/mol. The number of piperazine rings is 1. The van der Waals surface area contributed by atoms with E-state index in [0.717, 1.165) is 4.90 Å². The Morgan fingerprint density at radius 1 is 1.15 bits per heavy atom. The van der Waals surface area contributed by atoms with E-state index in [4.69, 9.17) is 10.4 Å². The van der Waals surface area contributed by atoms with Crippen LogP contribution in [0.1, 0.15) is 27.5 Å². The first kappa shape index (κ1) is 29.2. The SMILES string of the molecule is NCCN1CCN(C(=O)N[C@H](C(=O)N[C@H]2Cc3cccc(C(=O)O)c3OB2O)c2cc(F)c(O)c(F)c2)C(=O)C1=O. The number of hydrogen-bond donors (Lipinski definition) is 6. The third-order valence-corrected chi connectivity index (χ3v) is 6.53. The largest absolute Gasteiger partial charge is 0.547 e. The number of carboxylic acid groups (broad SMARTS) is 1. The van der Waals surface area contributed by atoms with Gasteiger partial charge in [-0.3, -0.25) is 19.3 Å². The molecule has 2 aromatic carbocycles. The molecule has 2 aromatic rings. The Hall–Kier alpha value is -4.77. The molecule has 17 heteroatoms. The van der Waals surface area contributed by atoms with Gasteiger partial charge in [0.2, 0.25) is 5.91 Å². The van der Waals surface area contributed by atoms with Gasteiger partial charge in [0.1, 0.15) is 11.8 Å². The molecule has 2 aliphatic heterocycles. The first-order chi connectivity index (χ1) is 19.4. The van der Waals surface area contributed by atoms with Crippen LogP contribution in [0.4, 0.5) is 13.6 Å². The van der Waals surface area contributed by atoms with Gasteiger partial charge in [0.15, 0.2) is 17.4 Å². The van der Waals surface area contributed by atoms with Crippen molar-refractivity contribution in [2.24, 2.45) is 5.73 Å². The van der Waals surface area contributed by atoms with Crippen LogP contribution in [0.15, 0.2) is 30.3 Å². The van der Waals surface area contributed by atoms with Crippen LogP contribution in [-0.2, 0) is 20.8 Å². The number of carbonyl (C=O) groups excluding carboxylic acids is 4. The summed E-state index contributed by atoms with van der Waals surface area (Å²) in [5, 5.41) is 33.9. The van der Waals surface area contributed by atoms with Crippen molar-refractivity contribution >= 4 is 36.8 Å². The van der Waals surface area contributed by atoms with E-state index in [0.29, 0.717) is 22.6 Å². The van der Waals surface area contributed by atoms with Crippen molar-refractivity contribution in [1.29, 1.82) is 0 Å². The topological polar surface area (TPSA) is 212 Å². The molecule has 1 fully saturated rings. The summed E-state index contributed by atoms with van der Waals surface area (Å²) < 4.78 is 33.7. The zero-order valence-corrected chi connectivity index (χ0v) is 21.2. The second-order valence-electron chi connectivity index (χ2n) is 9.18. The number of aromatic carboxylic acids is 1. The summed E-state index contributed by atoms with van der Waals surface area (Å²) in [6.45, 7) is -0.164. The maximum atomic E-state index is 14.2. The van der Waals surface area contributed by atoms with Gasteiger partial charge < -0.3 is 41.2 Å². The van der Waals surface area contributed by atoms with E-state index in [2.05, 4.69) is 10.6 Å². The molecule has 7 N–H and O–H groups in total. The number of nitrogens with two attached hydrogens (primary N) is 1. The van der Waals surface area contributed by atoms with E-state index in [-0.39, 0.29) is 43.9 Å². The van der Waals surface area contributed by atoms with Crippen LogP contribution >= 0.6 is 0 Å². The number of para-hydroxylation sites is 1. The molecule has 2 aliphatic rings. The Kier molecular flexibility index (Phi) is 8.39. The Morgan fingerprint density at radius 2 is 1.83 bits per heavy atom. The second-order valence-corrected chi connectivity index (χ2v) is 9.18. The van der Waals surface area contributed by atoms with Gasteiger partial charge in [0.05, 0.1) is 11.5 Å². The minimum absolute atomic E-state index is 0.0438. The lowest BCUT2D eigenvalue weighted by Crippen LogP contribution is -2.60. The number of amides is 5. The molecule has 0 saturated carbocycles. The smallest absolute Gasteiger partial charge is 0.534 e. The number of fused-ring (bicyclic) bond motifs is 1. The Balaban J connectivity index is 1.59. The average Bonchev–Trinajstić information content (AvgIpc) is 2.92. The summed E-state index contributed by atoms with van der Waals surface area (Å²) in [5.74, 6) is -10.2. The highest BCUT2D eigenvalue weighted by atomic mass is 19.1. The molecule has 41 heavy (non-hydrogen) atoms. The van der Waals surface area contributed by atoms with Crippen molar-refractivity contribution in [2.75, 3.05) is 26.2 Å². The van der Waals surface area contributed by atoms with E-state index in [1.165, 1.54) is 18.2 Å². The number of aromatic hydroxyl groups is 1. The zero-order chi connectivity index (χ0) is 30.0. The Morgan fingerprint density at radius 3 is 2.46 bits per heavy atom. The summed E-state index contributed by atoms with van der Waals surface area (Å²) in [4.78, 5) is 64.4. The van der Waals surface area contributed by atoms with Gasteiger partial charge >= 0.3 is 30.9 Å². The number of halogens is 2. The van der Waals surface area contributed by atoms with Crippen molar-refractivity contribution < 1.29 is 52.6 Å². The highest BCUT2D eigenvalue weighted by molar-refractivity contribution is 6.47. The molecule has 0 radical (unpaired) electrons. The number of nitrogens with one attached hydrogen (secondary N) is 2. The molecule has 4 rings (SSSR count). The van der Waals surface area contributed by atoms with Gasteiger partial charge in [-0.15, -0.1) is 0 Å². The van der Waals surface area contributed by atoms with Crippen LogP contribution in [0.3, 0.4) is 0 Å². The minimum atomic E-state index is -1.89. The van der Waals surface area contributed by atoms with E-state index in [1.54, 1.807) is 0 Å². The van der Waals surface area contributed by atoms with Crippen molar-refractivity contribution in [3.8, 4) is 11.5 Å². The Bertz CT molecular complexity index is 1400. The van der Waals surface area contributed by atoms with Crippen molar-refractivity contribution in [2.45, 2.75) is 18.4 Å². The fourth-order valence-electron chi connectivity index (χ4n) is 4.47. The van der Waals surface area contributed by atoms with Gasteiger partial charge in [-0.2, -0.15) is 0 Å². The Labute approximate surface area is 230 Å². The number of nitrogens with zero attached hydrogens (tertiary/aromatic N) is 2. The molecular formula is C24H24BF2N5O9. The number of imide groups is 1. The van der Waals surface area contributed by atoms with E-state index < -0.39 is 71.8 Å². The standard InChI is InChI=1S/C24H24BF2N5O9/c26-14-8-12(9-15(27)18(14)33)17(30-24(39)32-7-6-31(5-4-28)21(35)22(32)36)20(34)29-16-10-11-2-1-3-13(23(37)38)19(11)41-25(16)40/h1-3,8-9,16-17,33,40H,4-7,10,28H2,(H,29,34)(H,30,39)(H,37,38)/t16-,17-/m0/s1. The maximum Gasteiger partial charge on any atom is 0.547 e. The molecule has 0 aromatic heterocycles. The molecule has 1 saturated heterocycles. The summed E-state index contributed by atoms with van der Waals surface area (Å²) in [5.41, 5.74) is 5.03. The van der Waals surface area contributed by atoms with E-state index in [1.807, 2.05) is 0 Å². The summed E-state index contributed by atoms with van der Waals surface area (Å²) in [6, 6.07) is 2.23. The minimum Gasteiger partial charge on any atom is -0.534 e. The molecule has 14 nitrogen and oxygen atoms in total. The van der Waals surface area contributed by atoms with Crippen LogP contribution < -0.4 is 21.0 Å². The van der Waals surface area contributed by atoms with E-state index in [9.17, 15) is 48.0 Å². The normalized spacial score (nSPS) is 17.5. The molecular weight excluding hydrogens is 551 g/mol. The van der Waals surface area contributed by atoms with Crippen LogP contribution in [0, 0.1) is 11.6 Å². The lowest BCUT2D eigenvalue weighted by atomic mass is 9.72. The number of carboxylic acids is 1. The average molecular weight is 575 g/mol. The summed E-state index contributed by atoms with van der Waals surface area (Å²) in [7, 11) is -1.76. The highest BCUT2D eigenvalue weighted by Gasteiger charge is 2.41. The van der Waals surface area contributed by atoms with Crippen molar-refractivity contribution in [3.05, 3.63) is 58.7 Å². The van der Waals surface area contributed by atoms with Crippen LogP contribution in [-0.4, -0.2) is 94.0 Å². The molecule has 2 heterocycles. The third kappa shape index (κ3) is 5.90. The molecule has 0 aliphatic carbocycles. The number of benzene rings is 2. The molecule has 216 valence electrons. The number of hydrogen-bond acceptors (Lipinski definition) is 9. The van der Waals surface area contributed by atoms with Gasteiger partial charge in [0, 0.05) is 26.2 Å². The molecule has 0 bridgehead atoms. The lowest BCUT2D eigenvalue weighted by Gasteiger charge is -2.33. The van der Waals surface area contributed by atoms with Gasteiger partial charge in [-0.1, -0.05) is 12.1 Å². The van der Waals surface area contributed by atoms with Crippen molar-refractivity contribution in [3.63, 3.8) is 0 Å². The van der Waals surface area contributed by atoms with Crippen LogP contribution in [0.25, 0.3) is 0 Å². The van der Waals surface area contributed by atoms with Gasteiger partial charge in [-0.05, 0) is 35.7 Å². The van der Waals surface area contributed by atoms with Crippen molar-refractivity contribution in [1.82, 2.24) is 20.4 Å². The quantitative estimate of drug-likeness (QED) is 0.173. The summed E-state index contributed by atoms with van der Waals surface area (Å²) >= 11 is 0. The zero-order valence-electron chi connectivity index (χ0n) is 21.2. The fourth-order valence-corrected chi connectivity index (χ4v) is 4.47. The van der Waals surface area contributed by atoms with Gasteiger partial charge in [-0.25, -0.2) is 18.4 Å². The first-order valence-electron chi connectivity index (χ1n) is 12.2.